The maximum atomic E-state index is 12.6. The molecule has 2 unspecified atom stereocenters. The molecule has 0 spiro atoms. The lowest BCUT2D eigenvalue weighted by Crippen LogP contribution is -2.39. The third-order valence-electron chi connectivity index (χ3n) is 5.63. The van der Waals surface area contributed by atoms with Crippen LogP contribution in [0.4, 0.5) is 5.69 Å². The number of nitrogens with zero attached hydrogens (tertiary/aromatic N) is 3. The van der Waals surface area contributed by atoms with Gasteiger partial charge in [0.1, 0.15) is 30.3 Å². The van der Waals surface area contributed by atoms with Gasteiger partial charge in [-0.2, -0.15) is 0 Å². The smallest absolute Gasteiger partial charge is 0.245 e. The van der Waals surface area contributed by atoms with E-state index in [2.05, 4.69) is 15.3 Å². The van der Waals surface area contributed by atoms with Gasteiger partial charge in [0, 0.05) is 31.3 Å². The summed E-state index contributed by atoms with van der Waals surface area (Å²) in [5, 5.41) is 3.23. The van der Waals surface area contributed by atoms with E-state index in [0.29, 0.717) is 19.0 Å². The van der Waals surface area contributed by atoms with Crippen molar-refractivity contribution in [1.82, 2.24) is 14.9 Å². The first-order valence-electron chi connectivity index (χ1n) is 10.3. The lowest BCUT2D eigenvalue weighted by Gasteiger charge is -2.19. The number of carbonyl (C=O) groups excluding carboxylic acids is 2. The topological polar surface area (TPSA) is 99.7 Å². The van der Waals surface area contributed by atoms with Gasteiger partial charge in [-0.1, -0.05) is 12.1 Å². The average Bonchev–Trinajstić information content (AvgIpc) is 3.38. The summed E-state index contributed by atoms with van der Waals surface area (Å²) in [5.41, 5.74) is 4.54. The number of H-pyrrole nitrogens is 1. The molecule has 3 aromatic rings. The van der Waals surface area contributed by atoms with Crippen molar-refractivity contribution in [2.45, 2.75) is 32.0 Å². The van der Waals surface area contributed by atoms with Gasteiger partial charge < -0.3 is 19.9 Å². The predicted molar refractivity (Wildman–Crippen MR) is 117 cm³/mol. The number of aromatic nitrogens is 2. The molecule has 0 aliphatic carbocycles. The summed E-state index contributed by atoms with van der Waals surface area (Å²) in [7, 11) is 1.75. The van der Waals surface area contributed by atoms with Crippen LogP contribution >= 0.6 is 0 Å². The number of aliphatic imine (C=N–C) groups is 1. The van der Waals surface area contributed by atoms with E-state index in [0.717, 1.165) is 33.7 Å². The van der Waals surface area contributed by atoms with E-state index in [1.54, 1.807) is 11.9 Å². The Kier molecular flexibility index (Phi) is 4.69. The fourth-order valence-corrected chi connectivity index (χ4v) is 4.08. The number of para-hydroxylation sites is 2. The molecule has 1 amide bonds. The van der Waals surface area contributed by atoms with Gasteiger partial charge in [-0.05, 0) is 42.8 Å². The highest BCUT2D eigenvalue weighted by Crippen LogP contribution is 2.29. The highest BCUT2D eigenvalue weighted by molar-refractivity contribution is 5.97. The van der Waals surface area contributed by atoms with Gasteiger partial charge in [-0.3, -0.25) is 9.59 Å². The molecule has 0 bridgehead atoms. The highest BCUT2D eigenvalue weighted by Gasteiger charge is 2.29. The molecule has 8 nitrogen and oxygen atoms in total. The molecule has 2 aromatic carbocycles. The molecule has 2 atom stereocenters. The number of Topliss-reactive ketones (excluding diaryl/α,β-unsaturated/α-hetero) is 1. The molecule has 5 rings (SSSR count). The molecular weight excluding hydrogens is 394 g/mol. The Bertz CT molecular complexity index is 1180. The Hall–Kier alpha value is -3.68. The molecule has 2 aliphatic heterocycles. The number of nitrogens with one attached hydrogen (secondary N) is 2. The number of ketones is 1. The summed E-state index contributed by atoms with van der Waals surface area (Å²) < 4.78 is 5.89. The van der Waals surface area contributed by atoms with Crippen LogP contribution in [0.1, 0.15) is 36.3 Å². The fourth-order valence-electron chi connectivity index (χ4n) is 4.08. The Morgan fingerprint density at radius 3 is 2.90 bits per heavy atom. The SMILES string of the molecule is CC(=O)CC1Nc2ccc(C3=NC(c4nc5ccccc5[nH]4)CO3)cc2CN(C)C1=O. The molecule has 31 heavy (non-hydrogen) atoms. The Morgan fingerprint density at radius 2 is 2.10 bits per heavy atom. The first kappa shape index (κ1) is 19.3. The second-order valence-corrected chi connectivity index (χ2v) is 8.07. The zero-order valence-corrected chi connectivity index (χ0v) is 17.4. The predicted octanol–water partition coefficient (Wildman–Crippen LogP) is 2.81. The number of hydrogen-bond donors (Lipinski definition) is 2. The van der Waals surface area contributed by atoms with Gasteiger partial charge in [0.05, 0.1) is 11.0 Å². The van der Waals surface area contributed by atoms with Crippen molar-refractivity contribution in [2.24, 2.45) is 4.99 Å². The summed E-state index contributed by atoms with van der Waals surface area (Å²) in [5.74, 6) is 1.23. The molecule has 8 heteroatoms. The van der Waals surface area contributed by atoms with Crippen molar-refractivity contribution < 1.29 is 14.3 Å². The Morgan fingerprint density at radius 1 is 1.26 bits per heavy atom. The normalized spacial score (nSPS) is 20.6. The van der Waals surface area contributed by atoms with Crippen molar-refractivity contribution >= 4 is 34.3 Å². The minimum absolute atomic E-state index is 0.0235. The largest absolute Gasteiger partial charge is 0.475 e. The minimum atomic E-state index is -0.549. The molecule has 158 valence electrons. The average molecular weight is 417 g/mol. The number of fused-ring (bicyclic) bond motifs is 2. The fraction of sp³-hybridized carbons (Fsp3) is 0.304. The number of carbonyl (C=O) groups is 2. The maximum absolute atomic E-state index is 12.6. The lowest BCUT2D eigenvalue weighted by atomic mass is 10.1. The Balaban J connectivity index is 1.42. The van der Waals surface area contributed by atoms with Crippen LogP contribution in [0.5, 0.6) is 0 Å². The van der Waals surface area contributed by atoms with Gasteiger partial charge in [-0.15, -0.1) is 0 Å². The van der Waals surface area contributed by atoms with Crippen LogP contribution in [0.15, 0.2) is 47.5 Å². The number of aromatic amines is 1. The molecule has 0 fully saturated rings. The molecule has 1 aromatic heterocycles. The molecule has 0 saturated carbocycles. The van der Waals surface area contributed by atoms with E-state index in [9.17, 15) is 9.59 Å². The number of amides is 1. The van der Waals surface area contributed by atoms with E-state index >= 15 is 0 Å². The highest BCUT2D eigenvalue weighted by atomic mass is 16.5. The van der Waals surface area contributed by atoms with Gasteiger partial charge >= 0.3 is 0 Å². The zero-order chi connectivity index (χ0) is 21.5. The van der Waals surface area contributed by atoms with Gasteiger partial charge in [0.2, 0.25) is 11.8 Å². The molecular formula is C23H23N5O3. The molecule has 0 saturated heterocycles. The number of ether oxygens (including phenoxy) is 1. The van der Waals surface area contributed by atoms with Crippen LogP contribution in [0, 0.1) is 0 Å². The number of benzene rings is 2. The Labute approximate surface area is 179 Å². The number of anilines is 1. The molecule has 2 N–H and O–H groups in total. The van der Waals surface area contributed by atoms with Crippen molar-refractivity contribution in [1.29, 1.82) is 0 Å². The summed E-state index contributed by atoms with van der Waals surface area (Å²) in [6.45, 7) is 2.37. The van der Waals surface area contributed by atoms with Gasteiger partial charge in [-0.25, -0.2) is 9.98 Å². The quantitative estimate of drug-likeness (QED) is 0.680. The van der Waals surface area contributed by atoms with Crippen LogP contribution in [0.2, 0.25) is 0 Å². The third-order valence-corrected chi connectivity index (χ3v) is 5.63. The van der Waals surface area contributed by atoms with Crippen LogP contribution in [0.25, 0.3) is 11.0 Å². The van der Waals surface area contributed by atoms with Crippen molar-refractivity contribution in [3.05, 3.63) is 59.4 Å². The standard InChI is InChI=1S/C23H23N5O3/c1-13(29)9-19-23(30)28(2)11-15-10-14(7-8-16(15)24-19)22-27-20(12-31-22)21-25-17-5-3-4-6-18(17)26-21/h3-8,10,19-20,24H,9,11-12H2,1-2H3,(H,25,26). The first-order valence-corrected chi connectivity index (χ1v) is 10.3. The van der Waals surface area contributed by atoms with E-state index < -0.39 is 6.04 Å². The van der Waals surface area contributed by atoms with Gasteiger partial charge in [0.15, 0.2) is 0 Å². The van der Waals surface area contributed by atoms with Crippen molar-refractivity contribution in [2.75, 3.05) is 19.0 Å². The maximum Gasteiger partial charge on any atom is 0.245 e. The van der Waals surface area contributed by atoms with Crippen LogP contribution in [0.3, 0.4) is 0 Å². The van der Waals surface area contributed by atoms with Crippen molar-refractivity contribution in [3.63, 3.8) is 0 Å². The van der Waals surface area contributed by atoms with E-state index in [1.165, 1.54) is 6.92 Å². The number of hydrogen-bond acceptors (Lipinski definition) is 6. The molecule has 3 heterocycles. The monoisotopic (exact) mass is 417 g/mol. The summed E-state index contributed by atoms with van der Waals surface area (Å²) in [4.78, 5) is 38.5. The molecule has 0 radical (unpaired) electrons. The third kappa shape index (κ3) is 3.65. The van der Waals surface area contributed by atoms with E-state index in [1.807, 2.05) is 42.5 Å². The van der Waals surface area contributed by atoms with E-state index in [4.69, 9.17) is 9.73 Å². The summed E-state index contributed by atoms with van der Waals surface area (Å²) >= 11 is 0. The number of imidazole rings is 1. The van der Waals surface area contributed by atoms with E-state index in [-0.39, 0.29) is 24.2 Å². The van der Waals surface area contributed by atoms with Crippen LogP contribution in [-0.4, -0.2) is 52.2 Å². The number of likely N-dealkylation sites (N-methyl/N-ethyl adjacent to an activating group) is 1. The van der Waals surface area contributed by atoms with Gasteiger partial charge in [0.25, 0.3) is 0 Å². The summed E-state index contributed by atoms with van der Waals surface area (Å²) in [6, 6.07) is 13.0. The lowest BCUT2D eigenvalue weighted by molar-refractivity contribution is -0.132. The summed E-state index contributed by atoms with van der Waals surface area (Å²) in [6.07, 6.45) is 0.166. The molecule has 2 aliphatic rings. The first-order chi connectivity index (χ1) is 15.0. The minimum Gasteiger partial charge on any atom is -0.475 e. The van der Waals surface area contributed by atoms with Crippen LogP contribution in [-0.2, 0) is 20.9 Å². The second kappa shape index (κ2) is 7.54. The van der Waals surface area contributed by atoms with Crippen LogP contribution < -0.4 is 5.32 Å². The second-order valence-electron chi connectivity index (χ2n) is 8.07. The number of rotatable bonds is 4. The zero-order valence-electron chi connectivity index (χ0n) is 17.4. The van der Waals surface area contributed by atoms with Crippen molar-refractivity contribution in [3.8, 4) is 0 Å².